The summed E-state index contributed by atoms with van der Waals surface area (Å²) in [6, 6.07) is 6.65. The number of Topliss-reactive ketones (excluding diaryl/α,β-unsaturated/α-hetero) is 1. The summed E-state index contributed by atoms with van der Waals surface area (Å²) in [5.41, 5.74) is 3.47. The Hall–Kier alpha value is -2.71. The number of hydrogen-bond acceptors (Lipinski definition) is 4. The van der Waals surface area contributed by atoms with Crippen molar-refractivity contribution in [1.29, 1.82) is 0 Å². The van der Waals surface area contributed by atoms with Crippen molar-refractivity contribution >= 4 is 35.6 Å². The number of carbonyl (C=O) groups excluding carboxylic acids is 1. The third kappa shape index (κ3) is 5.00. The number of ether oxygens (including phenoxy) is 3. The molecule has 0 aliphatic heterocycles. The summed E-state index contributed by atoms with van der Waals surface area (Å²) in [5.74, 6) is 7.93. The van der Waals surface area contributed by atoms with Gasteiger partial charge in [0.15, 0.2) is 11.5 Å². The van der Waals surface area contributed by atoms with Gasteiger partial charge >= 0.3 is 0 Å². The first-order valence-corrected chi connectivity index (χ1v) is 16.4. The van der Waals surface area contributed by atoms with E-state index in [1.54, 1.807) is 14.2 Å². The minimum Gasteiger partial charge on any atom is -0.493 e. The summed E-state index contributed by atoms with van der Waals surface area (Å²) in [4.78, 5) is 14.1. The van der Waals surface area contributed by atoms with Crippen molar-refractivity contribution in [1.82, 2.24) is 0 Å². The Labute approximate surface area is 231 Å². The number of benzene rings is 2. The number of hydrogen-bond donors (Lipinski definition) is 0. The maximum absolute atomic E-state index is 14.1. The van der Waals surface area contributed by atoms with Gasteiger partial charge in [0.05, 0.1) is 34.0 Å². The second kappa shape index (κ2) is 12.0. The molecule has 0 N–H and O–H groups in total. The quantitative estimate of drug-likeness (QED) is 0.175. The molecular weight excluding hydrogens is 488 g/mol. The molecular formula is C33H46O4Si. The summed E-state index contributed by atoms with van der Waals surface area (Å²) in [6.45, 7) is 20.4. The van der Waals surface area contributed by atoms with Crippen LogP contribution in [0.15, 0.2) is 23.8 Å². The zero-order chi connectivity index (χ0) is 28.4. The van der Waals surface area contributed by atoms with E-state index in [1.165, 1.54) is 5.19 Å². The van der Waals surface area contributed by atoms with Gasteiger partial charge < -0.3 is 14.2 Å². The van der Waals surface area contributed by atoms with Gasteiger partial charge in [-0.25, -0.2) is 0 Å². The lowest BCUT2D eigenvalue weighted by molar-refractivity contribution is 0.103. The van der Waals surface area contributed by atoms with Gasteiger partial charge in [-0.15, -0.1) is 0 Å². The average molecular weight is 535 g/mol. The highest BCUT2D eigenvalue weighted by atomic mass is 28.3. The molecule has 4 nitrogen and oxygen atoms in total. The maximum Gasteiger partial charge on any atom is 0.209 e. The van der Waals surface area contributed by atoms with E-state index in [9.17, 15) is 4.79 Å². The summed E-state index contributed by atoms with van der Waals surface area (Å²) in [5, 5.41) is 3.24. The SMILES string of the molecule is CCCCC#CC1=C(OC(C)C)c2cc([Si](C(C)C)(C(C)C)C(C)C)cc3cc(OC)c(OC)c(c23)C1=O. The Balaban J connectivity index is 2.56. The molecule has 0 aromatic heterocycles. The zero-order valence-electron chi connectivity index (χ0n) is 25.3. The molecule has 0 heterocycles. The van der Waals surface area contributed by atoms with E-state index in [4.69, 9.17) is 14.2 Å². The van der Waals surface area contributed by atoms with Crippen molar-refractivity contribution in [3.63, 3.8) is 0 Å². The first-order valence-electron chi connectivity index (χ1n) is 14.1. The number of unbranched alkanes of at least 4 members (excludes halogenated alkanes) is 2. The molecule has 0 spiro atoms. The molecule has 5 heteroatoms. The van der Waals surface area contributed by atoms with Gasteiger partial charge in [0, 0.05) is 17.4 Å². The summed E-state index contributed by atoms with van der Waals surface area (Å²) >= 11 is 0. The average Bonchev–Trinajstić information content (AvgIpc) is 2.84. The van der Waals surface area contributed by atoms with Crippen LogP contribution < -0.4 is 14.7 Å². The minimum absolute atomic E-state index is 0.104. The molecule has 1 aliphatic carbocycles. The van der Waals surface area contributed by atoms with E-state index in [2.05, 4.69) is 72.4 Å². The molecule has 3 rings (SSSR count). The van der Waals surface area contributed by atoms with Crippen LogP contribution in [0, 0.1) is 11.8 Å². The second-order valence-corrected chi connectivity index (χ2v) is 17.5. The van der Waals surface area contributed by atoms with Crippen molar-refractivity contribution < 1.29 is 19.0 Å². The molecule has 38 heavy (non-hydrogen) atoms. The van der Waals surface area contributed by atoms with Gasteiger partial charge in [0.1, 0.15) is 11.3 Å². The van der Waals surface area contributed by atoms with E-state index < -0.39 is 8.07 Å². The van der Waals surface area contributed by atoms with E-state index in [1.807, 2.05) is 19.9 Å². The first-order chi connectivity index (χ1) is 18.0. The van der Waals surface area contributed by atoms with Crippen LogP contribution >= 0.6 is 0 Å². The first kappa shape index (κ1) is 29.8. The van der Waals surface area contributed by atoms with Gasteiger partial charge in [0.25, 0.3) is 0 Å². The van der Waals surface area contributed by atoms with Gasteiger partial charge in [-0.05, 0) is 48.3 Å². The molecule has 2 aromatic rings. The molecule has 0 amide bonds. The van der Waals surface area contributed by atoms with Crippen LogP contribution in [0.25, 0.3) is 16.5 Å². The smallest absolute Gasteiger partial charge is 0.209 e. The topological polar surface area (TPSA) is 44.8 Å². The normalized spacial score (nSPS) is 13.6. The third-order valence-electron chi connectivity index (χ3n) is 8.09. The Kier molecular flexibility index (Phi) is 9.42. The number of allylic oxidation sites excluding steroid dienone is 1. The molecule has 0 fully saturated rings. The number of methoxy groups -OCH3 is 2. The monoisotopic (exact) mass is 534 g/mol. The van der Waals surface area contributed by atoms with Gasteiger partial charge in [-0.1, -0.05) is 84.0 Å². The fraction of sp³-hybridized carbons (Fsp3) is 0.545. The molecule has 0 atom stereocenters. The predicted octanol–water partition coefficient (Wildman–Crippen LogP) is 8.27. The van der Waals surface area contributed by atoms with Crippen molar-refractivity contribution in [2.24, 2.45) is 0 Å². The van der Waals surface area contributed by atoms with Crippen LogP contribution in [0.2, 0.25) is 16.6 Å². The lowest BCUT2D eigenvalue weighted by atomic mass is 9.85. The summed E-state index contributed by atoms with van der Waals surface area (Å²) < 4.78 is 18.0. The fourth-order valence-electron chi connectivity index (χ4n) is 6.75. The van der Waals surface area contributed by atoms with E-state index >= 15 is 0 Å². The van der Waals surface area contributed by atoms with Crippen LogP contribution in [0.4, 0.5) is 0 Å². The fourth-order valence-corrected chi connectivity index (χ4v) is 13.6. The van der Waals surface area contributed by atoms with Gasteiger partial charge in [-0.2, -0.15) is 0 Å². The molecule has 2 aromatic carbocycles. The number of rotatable bonds is 10. The van der Waals surface area contributed by atoms with Crippen molar-refractivity contribution in [2.75, 3.05) is 14.2 Å². The highest BCUT2D eigenvalue weighted by molar-refractivity contribution is 6.95. The van der Waals surface area contributed by atoms with Gasteiger partial charge in [-0.3, -0.25) is 4.79 Å². The van der Waals surface area contributed by atoms with E-state index in [0.717, 1.165) is 35.6 Å². The lowest BCUT2D eigenvalue weighted by Crippen LogP contribution is -2.55. The standard InChI is InChI=1S/C33H46O4Si/c1-12-13-14-15-16-26-31(34)30-29-24(18-28(35-10)33(30)36-11)17-25(19-27(29)32(26)37-20(2)3)38(21(4)5,22(6)7)23(8)9/h17-23H,12-14H2,1-11H3. The Morgan fingerprint density at radius 1 is 0.895 bits per heavy atom. The molecule has 206 valence electrons. The number of ketones is 1. The zero-order valence-corrected chi connectivity index (χ0v) is 26.3. The minimum atomic E-state index is -2.03. The van der Waals surface area contributed by atoms with Crippen LogP contribution in [0.1, 0.15) is 97.5 Å². The van der Waals surface area contributed by atoms with E-state index in [0.29, 0.717) is 45.0 Å². The molecule has 0 saturated heterocycles. The Morgan fingerprint density at radius 2 is 1.53 bits per heavy atom. The van der Waals surface area contributed by atoms with Crippen LogP contribution in [-0.2, 0) is 4.74 Å². The molecule has 1 aliphatic rings. The Bertz CT molecular complexity index is 1270. The predicted molar refractivity (Wildman–Crippen MR) is 163 cm³/mol. The highest BCUT2D eigenvalue weighted by Crippen LogP contribution is 2.47. The van der Waals surface area contributed by atoms with Crippen LogP contribution in [0.3, 0.4) is 0 Å². The van der Waals surface area contributed by atoms with Crippen molar-refractivity contribution in [2.45, 2.75) is 104 Å². The molecule has 0 unspecified atom stereocenters. The van der Waals surface area contributed by atoms with Crippen molar-refractivity contribution in [3.8, 4) is 23.3 Å². The summed E-state index contributed by atoms with van der Waals surface area (Å²) in [7, 11) is 1.19. The van der Waals surface area contributed by atoms with Crippen LogP contribution in [-0.4, -0.2) is 34.2 Å². The van der Waals surface area contributed by atoms with Crippen LogP contribution in [0.5, 0.6) is 11.5 Å². The van der Waals surface area contributed by atoms with Crippen molar-refractivity contribution in [3.05, 3.63) is 34.9 Å². The molecule has 0 radical (unpaired) electrons. The maximum atomic E-state index is 14.1. The lowest BCUT2D eigenvalue weighted by Gasteiger charge is -2.44. The largest absolute Gasteiger partial charge is 0.493 e. The van der Waals surface area contributed by atoms with Gasteiger partial charge in [0.2, 0.25) is 5.78 Å². The number of carbonyl (C=O) groups is 1. The third-order valence-corrected chi connectivity index (χ3v) is 15.1. The second-order valence-electron chi connectivity index (χ2n) is 11.6. The highest BCUT2D eigenvalue weighted by Gasteiger charge is 2.45. The Morgan fingerprint density at radius 3 is 2.03 bits per heavy atom. The van der Waals surface area contributed by atoms with E-state index in [-0.39, 0.29) is 11.9 Å². The summed E-state index contributed by atoms with van der Waals surface area (Å²) in [6.07, 6.45) is 2.69. The molecule has 0 saturated carbocycles. The molecule has 0 bridgehead atoms.